The second-order valence-corrected chi connectivity index (χ2v) is 14.5. The van der Waals surface area contributed by atoms with Gasteiger partial charge in [0.2, 0.25) is 5.91 Å². The summed E-state index contributed by atoms with van der Waals surface area (Å²) in [5.41, 5.74) is -1.45. The number of rotatable bonds is 32. The maximum atomic E-state index is 13.4. The summed E-state index contributed by atoms with van der Waals surface area (Å²) in [6.45, 7) is -0.954. The van der Waals surface area contributed by atoms with E-state index in [4.69, 9.17) is 28.3 Å². The molecule has 13 nitrogen and oxygen atoms in total. The third-order valence-corrected chi connectivity index (χ3v) is 9.45. The minimum Gasteiger partial charge on any atom is -0.466 e. The van der Waals surface area contributed by atoms with Crippen molar-refractivity contribution in [3.63, 3.8) is 0 Å². The normalized spacial score (nSPS) is 14.1. The zero-order valence-electron chi connectivity index (χ0n) is 31.3. The Morgan fingerprint density at radius 1 is 0.768 bits per heavy atom. The molecule has 0 heterocycles. The van der Waals surface area contributed by atoms with E-state index in [1.165, 1.54) is 0 Å². The lowest BCUT2D eigenvalue weighted by atomic mass is 9.75. The quantitative estimate of drug-likeness (QED) is 0.0266. The van der Waals surface area contributed by atoms with Crippen LogP contribution in [0.4, 0.5) is 39.5 Å². The first-order valence-corrected chi connectivity index (χ1v) is 19.6. The van der Waals surface area contributed by atoms with E-state index >= 15 is 0 Å². The molecule has 0 saturated heterocycles. The summed E-state index contributed by atoms with van der Waals surface area (Å²) in [4.78, 5) is 34.4. The Hall–Kier alpha value is -2.70. The standard InChI is InChI=1S/C33H53F9N3O10P/c1-2-44-27(47)11-12-28(48)52-20-5-3-4-6-21-53-56(50,54-22-10-18-43)55-26(23-46)24-51-25-30(13-7-16-31(34,35)36,14-8-17-32(37,38)39)15-9-19-45-29(49)33(40,41)42/h26,46H,2-17,19-25H2,1H3,(H,44,47)(H,45,49). The molecule has 0 aromatic rings. The van der Waals surface area contributed by atoms with Crippen molar-refractivity contribution in [2.24, 2.45) is 5.41 Å². The maximum absolute atomic E-state index is 13.4. The number of carbonyl (C=O) groups is 3. The Bertz CT molecular complexity index is 1200. The van der Waals surface area contributed by atoms with E-state index in [0.29, 0.717) is 32.2 Å². The maximum Gasteiger partial charge on any atom is 0.475 e. The van der Waals surface area contributed by atoms with Gasteiger partial charge < -0.3 is 25.2 Å². The molecular weight excluding hydrogens is 800 g/mol. The van der Waals surface area contributed by atoms with Crippen molar-refractivity contribution < 1.29 is 86.6 Å². The van der Waals surface area contributed by atoms with Gasteiger partial charge in [-0.15, -0.1) is 0 Å². The highest BCUT2D eigenvalue weighted by molar-refractivity contribution is 7.48. The van der Waals surface area contributed by atoms with E-state index in [9.17, 15) is 63.6 Å². The minimum atomic E-state index is -5.21. The van der Waals surface area contributed by atoms with Gasteiger partial charge in [0.05, 0.1) is 58.6 Å². The summed E-state index contributed by atoms with van der Waals surface area (Å²) in [6, 6.07) is 1.76. The lowest BCUT2D eigenvalue weighted by molar-refractivity contribution is -0.173. The van der Waals surface area contributed by atoms with Crippen molar-refractivity contribution in [3.05, 3.63) is 0 Å². The van der Waals surface area contributed by atoms with Crippen molar-refractivity contribution in [2.75, 3.05) is 52.7 Å². The fraction of sp³-hybridized carbons (Fsp3) is 0.879. The zero-order chi connectivity index (χ0) is 42.7. The third-order valence-electron chi connectivity index (χ3n) is 7.90. The van der Waals surface area contributed by atoms with Gasteiger partial charge in [-0.2, -0.15) is 44.8 Å². The minimum absolute atomic E-state index is 0.00229. The largest absolute Gasteiger partial charge is 0.475 e. The first-order valence-electron chi connectivity index (χ1n) is 18.1. The van der Waals surface area contributed by atoms with Gasteiger partial charge in [0.15, 0.2) is 0 Å². The summed E-state index contributed by atoms with van der Waals surface area (Å²) >= 11 is 0. The van der Waals surface area contributed by atoms with Crippen molar-refractivity contribution in [3.8, 4) is 6.07 Å². The number of halogens is 9. The Balaban J connectivity index is 5.47. The number of aliphatic hydroxyl groups excluding tert-OH is 1. The number of nitrogens with one attached hydrogen (secondary N) is 2. The summed E-state index contributed by atoms with van der Waals surface area (Å²) in [6.07, 6.45) is -19.4. The molecule has 0 radical (unpaired) electrons. The molecule has 0 aromatic carbocycles. The van der Waals surface area contributed by atoms with Crippen LogP contribution in [-0.2, 0) is 42.0 Å². The Labute approximate surface area is 320 Å². The average Bonchev–Trinajstić information content (AvgIpc) is 3.08. The van der Waals surface area contributed by atoms with Crippen LogP contribution in [0.3, 0.4) is 0 Å². The number of carbonyl (C=O) groups excluding carboxylic acids is 3. The molecule has 0 fully saturated rings. The Kier molecular flexibility index (Phi) is 26.5. The third kappa shape index (κ3) is 28.7. The van der Waals surface area contributed by atoms with Crippen LogP contribution >= 0.6 is 7.82 Å². The van der Waals surface area contributed by atoms with Gasteiger partial charge in [0.1, 0.15) is 6.10 Å². The molecule has 2 unspecified atom stereocenters. The van der Waals surface area contributed by atoms with Crippen molar-refractivity contribution in [1.29, 1.82) is 5.26 Å². The SMILES string of the molecule is CCNC(=O)CCC(=O)OCCCCCCOP(=O)(OCCC#N)OC(CO)COCC(CCCNC(=O)C(F)(F)F)(CCCC(F)(F)F)CCCC(F)(F)F. The number of esters is 1. The highest BCUT2D eigenvalue weighted by Crippen LogP contribution is 2.51. The average molecular weight is 854 g/mol. The van der Waals surface area contributed by atoms with Gasteiger partial charge in [0, 0.05) is 32.4 Å². The van der Waals surface area contributed by atoms with E-state index in [0.717, 1.165) is 0 Å². The molecular formula is C33H53F9N3O10P. The van der Waals surface area contributed by atoms with Crippen molar-refractivity contribution in [2.45, 2.75) is 128 Å². The van der Waals surface area contributed by atoms with E-state index in [1.807, 2.05) is 0 Å². The van der Waals surface area contributed by atoms with Crippen LogP contribution in [-0.4, -0.2) is 100 Å². The lowest BCUT2D eigenvalue weighted by Crippen LogP contribution is -2.38. The van der Waals surface area contributed by atoms with Crippen LogP contribution < -0.4 is 10.6 Å². The number of amides is 2. The van der Waals surface area contributed by atoms with Gasteiger partial charge in [-0.3, -0.25) is 28.0 Å². The molecule has 2 atom stereocenters. The van der Waals surface area contributed by atoms with Crippen LogP contribution in [0.2, 0.25) is 0 Å². The van der Waals surface area contributed by atoms with Crippen LogP contribution in [0, 0.1) is 16.7 Å². The fourth-order valence-electron chi connectivity index (χ4n) is 5.19. The number of nitrogens with zero attached hydrogens (tertiary/aromatic N) is 1. The second-order valence-electron chi connectivity index (χ2n) is 12.8. The number of unbranched alkanes of at least 4 members (excludes halogenated alkanes) is 3. The predicted molar refractivity (Wildman–Crippen MR) is 180 cm³/mol. The molecule has 0 rings (SSSR count). The Morgan fingerprint density at radius 2 is 1.34 bits per heavy atom. The highest BCUT2D eigenvalue weighted by Gasteiger charge is 2.39. The smallest absolute Gasteiger partial charge is 0.466 e. The summed E-state index contributed by atoms with van der Waals surface area (Å²) < 4.78 is 156. The Morgan fingerprint density at radius 3 is 1.88 bits per heavy atom. The molecule has 0 bridgehead atoms. The molecule has 0 aliphatic carbocycles. The van der Waals surface area contributed by atoms with Gasteiger partial charge in [-0.05, 0) is 70.1 Å². The number of phosphoric ester groups is 1. The second kappa shape index (κ2) is 27.9. The van der Waals surface area contributed by atoms with Crippen LogP contribution in [0.5, 0.6) is 0 Å². The van der Waals surface area contributed by atoms with Gasteiger partial charge in [0.25, 0.3) is 0 Å². The first kappa shape index (κ1) is 53.3. The molecule has 0 aliphatic rings. The molecule has 0 aliphatic heterocycles. The molecule has 328 valence electrons. The number of hydrogen-bond donors (Lipinski definition) is 3. The van der Waals surface area contributed by atoms with Crippen LogP contribution in [0.1, 0.15) is 103 Å². The van der Waals surface area contributed by atoms with Gasteiger partial charge in [-0.25, -0.2) is 4.57 Å². The number of nitriles is 1. The fourth-order valence-corrected chi connectivity index (χ4v) is 6.54. The number of alkyl halides is 9. The van der Waals surface area contributed by atoms with E-state index in [1.54, 1.807) is 18.3 Å². The topological polar surface area (TPSA) is 183 Å². The molecule has 0 spiro atoms. The zero-order valence-corrected chi connectivity index (χ0v) is 32.2. The molecule has 0 saturated carbocycles. The highest BCUT2D eigenvalue weighted by atomic mass is 31.2. The van der Waals surface area contributed by atoms with Crippen molar-refractivity contribution >= 4 is 25.6 Å². The lowest BCUT2D eigenvalue weighted by Gasteiger charge is -2.35. The van der Waals surface area contributed by atoms with Crippen molar-refractivity contribution in [1.82, 2.24) is 10.6 Å². The van der Waals surface area contributed by atoms with E-state index < -0.39 is 108 Å². The number of phosphoric acid groups is 1. The number of ether oxygens (including phenoxy) is 2. The van der Waals surface area contributed by atoms with Gasteiger partial charge >= 0.3 is 38.2 Å². The molecule has 2 amide bonds. The summed E-state index contributed by atoms with van der Waals surface area (Å²) in [5.74, 6) is -3.07. The monoisotopic (exact) mass is 853 g/mol. The summed E-state index contributed by atoms with van der Waals surface area (Å²) in [5, 5.41) is 23.0. The van der Waals surface area contributed by atoms with Gasteiger partial charge in [-0.1, -0.05) is 6.42 Å². The molecule has 23 heteroatoms. The van der Waals surface area contributed by atoms with Crippen LogP contribution in [0.15, 0.2) is 0 Å². The molecule has 56 heavy (non-hydrogen) atoms. The number of aliphatic hydroxyl groups is 1. The van der Waals surface area contributed by atoms with E-state index in [2.05, 4.69) is 5.32 Å². The molecule has 3 N–H and O–H groups in total. The molecule has 0 aromatic heterocycles. The first-order chi connectivity index (χ1) is 26.1. The number of hydrogen-bond acceptors (Lipinski definition) is 11. The van der Waals surface area contributed by atoms with E-state index in [-0.39, 0.29) is 64.1 Å². The van der Waals surface area contributed by atoms with Crippen LogP contribution in [0.25, 0.3) is 0 Å². The summed E-state index contributed by atoms with van der Waals surface area (Å²) in [7, 11) is -4.49. The predicted octanol–water partition coefficient (Wildman–Crippen LogP) is 7.37.